The molecule has 0 saturated carbocycles. The summed E-state index contributed by atoms with van der Waals surface area (Å²) in [6.45, 7) is 1.60. The maximum absolute atomic E-state index is 14.2. The van der Waals surface area contributed by atoms with Gasteiger partial charge in [-0.2, -0.15) is 0 Å². The Balaban J connectivity index is 1.58. The number of imide groups is 1. The predicted octanol–water partition coefficient (Wildman–Crippen LogP) is 2.41. The van der Waals surface area contributed by atoms with Gasteiger partial charge in [-0.25, -0.2) is 9.18 Å². The molecule has 2 aliphatic heterocycles. The maximum atomic E-state index is 14.2. The molecule has 0 aromatic heterocycles. The van der Waals surface area contributed by atoms with E-state index in [9.17, 15) is 18.8 Å². The van der Waals surface area contributed by atoms with Crippen molar-refractivity contribution in [3.05, 3.63) is 65.0 Å². The van der Waals surface area contributed by atoms with Crippen molar-refractivity contribution < 1.29 is 23.5 Å². The van der Waals surface area contributed by atoms with Crippen LogP contribution in [0.15, 0.2) is 42.5 Å². The zero-order valence-electron chi connectivity index (χ0n) is 14.6. The summed E-state index contributed by atoms with van der Waals surface area (Å²) in [6.07, 6.45) is 0.713. The van der Waals surface area contributed by atoms with E-state index in [0.717, 1.165) is 16.2 Å². The van der Waals surface area contributed by atoms with Crippen LogP contribution in [0.25, 0.3) is 0 Å². The second-order valence-electron chi connectivity index (χ2n) is 6.77. The maximum Gasteiger partial charge on any atom is 0.325 e. The molecule has 1 unspecified atom stereocenters. The Morgan fingerprint density at radius 3 is 2.81 bits per heavy atom. The topological polar surface area (TPSA) is 75.7 Å². The molecule has 0 radical (unpaired) electrons. The number of carbonyl (C=O) groups excluding carboxylic acids is 3. The lowest BCUT2D eigenvalue weighted by Crippen LogP contribution is -2.42. The second-order valence-corrected chi connectivity index (χ2v) is 6.77. The van der Waals surface area contributed by atoms with E-state index in [0.29, 0.717) is 18.6 Å². The molecule has 2 aromatic carbocycles. The molecule has 4 rings (SSSR count). The molecule has 27 heavy (non-hydrogen) atoms. The molecule has 0 aliphatic carbocycles. The number of Topliss-reactive ketones (excluding diaryl/α,β-unsaturated/α-hetero) is 1. The number of ether oxygens (including phenoxy) is 1. The molecule has 138 valence electrons. The van der Waals surface area contributed by atoms with Crippen LogP contribution in [-0.2, 0) is 16.8 Å². The van der Waals surface area contributed by atoms with Crippen LogP contribution in [0.3, 0.4) is 0 Å². The van der Waals surface area contributed by atoms with E-state index in [4.69, 9.17) is 4.74 Å². The minimum Gasteiger partial charge on any atom is -0.493 e. The number of amides is 3. The molecule has 0 bridgehead atoms. The number of fused-ring (bicyclic) bond motifs is 1. The first-order valence-electron chi connectivity index (χ1n) is 8.58. The van der Waals surface area contributed by atoms with Crippen LogP contribution in [0.5, 0.6) is 5.75 Å². The fraction of sp³-hybridized carbons (Fsp3) is 0.250. The fourth-order valence-corrected chi connectivity index (χ4v) is 3.48. The zero-order chi connectivity index (χ0) is 19.2. The number of rotatable bonds is 4. The SMILES string of the molecule is CC1(c2ccccc2F)NC(=O)N(CC(=O)c2ccc3c(c2)CCO3)C1=O. The van der Waals surface area contributed by atoms with Gasteiger partial charge in [-0.3, -0.25) is 14.5 Å². The molecule has 1 atom stereocenters. The van der Waals surface area contributed by atoms with E-state index in [2.05, 4.69) is 5.32 Å². The number of ketones is 1. The van der Waals surface area contributed by atoms with Crippen molar-refractivity contribution in [1.29, 1.82) is 0 Å². The van der Waals surface area contributed by atoms with Gasteiger partial charge < -0.3 is 10.1 Å². The lowest BCUT2D eigenvalue weighted by molar-refractivity contribution is -0.130. The van der Waals surface area contributed by atoms with Gasteiger partial charge in [0.1, 0.15) is 17.1 Å². The molecule has 1 N–H and O–H groups in total. The van der Waals surface area contributed by atoms with Gasteiger partial charge in [0.15, 0.2) is 5.78 Å². The summed E-state index contributed by atoms with van der Waals surface area (Å²) in [5, 5.41) is 2.51. The average Bonchev–Trinajstić information content (AvgIpc) is 3.20. The van der Waals surface area contributed by atoms with Gasteiger partial charge in [0.25, 0.3) is 5.91 Å². The standard InChI is InChI=1S/C20H17FN2O4/c1-20(14-4-2-3-5-15(14)21)18(25)23(19(26)22-20)11-16(24)12-6-7-17-13(10-12)8-9-27-17/h2-7,10H,8-9,11H2,1H3,(H,22,26). The van der Waals surface area contributed by atoms with Crippen LogP contribution >= 0.6 is 0 Å². The number of hydrogen-bond acceptors (Lipinski definition) is 4. The first-order chi connectivity index (χ1) is 12.9. The van der Waals surface area contributed by atoms with Crippen molar-refractivity contribution in [3.63, 3.8) is 0 Å². The fourth-order valence-electron chi connectivity index (χ4n) is 3.48. The van der Waals surface area contributed by atoms with Crippen molar-refractivity contribution in [2.75, 3.05) is 13.2 Å². The lowest BCUT2D eigenvalue weighted by Gasteiger charge is -2.22. The Hall–Kier alpha value is -3.22. The van der Waals surface area contributed by atoms with Gasteiger partial charge in [0.05, 0.1) is 13.2 Å². The summed E-state index contributed by atoms with van der Waals surface area (Å²) < 4.78 is 19.6. The number of urea groups is 1. The van der Waals surface area contributed by atoms with Crippen molar-refractivity contribution in [3.8, 4) is 5.75 Å². The van der Waals surface area contributed by atoms with Crippen LogP contribution in [0.2, 0.25) is 0 Å². The molecular weight excluding hydrogens is 351 g/mol. The van der Waals surface area contributed by atoms with Crippen molar-refractivity contribution in [1.82, 2.24) is 10.2 Å². The van der Waals surface area contributed by atoms with E-state index >= 15 is 0 Å². The van der Waals surface area contributed by atoms with Crippen LogP contribution in [0.1, 0.15) is 28.4 Å². The van der Waals surface area contributed by atoms with Crippen molar-refractivity contribution in [2.45, 2.75) is 18.9 Å². The first-order valence-corrected chi connectivity index (χ1v) is 8.58. The van der Waals surface area contributed by atoms with Crippen LogP contribution in [-0.4, -0.2) is 35.8 Å². The Kier molecular flexibility index (Phi) is 3.95. The van der Waals surface area contributed by atoms with Crippen LogP contribution in [0, 0.1) is 5.82 Å². The number of nitrogens with zero attached hydrogens (tertiary/aromatic N) is 1. The smallest absolute Gasteiger partial charge is 0.325 e. The minimum absolute atomic E-state index is 0.0629. The summed E-state index contributed by atoms with van der Waals surface area (Å²) in [5.74, 6) is -0.879. The summed E-state index contributed by atoms with van der Waals surface area (Å²) in [6, 6.07) is 10.1. The Morgan fingerprint density at radius 2 is 2.04 bits per heavy atom. The van der Waals surface area contributed by atoms with Gasteiger partial charge in [-0.05, 0) is 36.8 Å². The van der Waals surface area contributed by atoms with E-state index in [-0.39, 0.29) is 11.3 Å². The molecule has 2 heterocycles. The molecule has 1 fully saturated rings. The summed E-state index contributed by atoms with van der Waals surface area (Å²) in [7, 11) is 0. The number of halogens is 1. The van der Waals surface area contributed by atoms with Crippen molar-refractivity contribution >= 4 is 17.7 Å². The molecular formula is C20H17FN2O4. The van der Waals surface area contributed by atoms with Gasteiger partial charge >= 0.3 is 6.03 Å². The second kappa shape index (κ2) is 6.19. The third kappa shape index (κ3) is 2.75. The van der Waals surface area contributed by atoms with E-state index in [1.807, 2.05) is 0 Å². The van der Waals surface area contributed by atoms with E-state index in [1.54, 1.807) is 24.3 Å². The summed E-state index contributed by atoms with van der Waals surface area (Å²) in [5.41, 5.74) is -0.157. The largest absolute Gasteiger partial charge is 0.493 e. The number of carbonyl (C=O) groups is 3. The molecule has 2 aliphatic rings. The lowest BCUT2D eigenvalue weighted by atomic mass is 9.91. The highest BCUT2D eigenvalue weighted by atomic mass is 19.1. The number of hydrogen-bond donors (Lipinski definition) is 1. The Bertz CT molecular complexity index is 974. The number of benzene rings is 2. The Morgan fingerprint density at radius 1 is 1.26 bits per heavy atom. The quantitative estimate of drug-likeness (QED) is 0.664. The number of nitrogens with one attached hydrogen (secondary N) is 1. The Labute approximate surface area is 154 Å². The van der Waals surface area contributed by atoms with Gasteiger partial charge in [-0.1, -0.05) is 18.2 Å². The molecule has 3 amide bonds. The monoisotopic (exact) mass is 368 g/mol. The van der Waals surface area contributed by atoms with Gasteiger partial charge in [-0.15, -0.1) is 0 Å². The molecule has 7 heteroatoms. The highest BCUT2D eigenvalue weighted by Crippen LogP contribution is 2.31. The molecule has 6 nitrogen and oxygen atoms in total. The third-order valence-corrected chi connectivity index (χ3v) is 5.00. The van der Waals surface area contributed by atoms with Crippen molar-refractivity contribution in [2.24, 2.45) is 0 Å². The molecule has 1 saturated heterocycles. The molecule has 0 spiro atoms. The average molecular weight is 368 g/mol. The zero-order valence-corrected chi connectivity index (χ0v) is 14.6. The van der Waals surface area contributed by atoms with E-state index in [1.165, 1.54) is 25.1 Å². The highest BCUT2D eigenvalue weighted by molar-refractivity contribution is 6.11. The van der Waals surface area contributed by atoms with Crippen LogP contribution in [0.4, 0.5) is 9.18 Å². The van der Waals surface area contributed by atoms with Gasteiger partial charge in [0.2, 0.25) is 0 Å². The predicted molar refractivity (Wildman–Crippen MR) is 94.0 cm³/mol. The normalized spacial score (nSPS) is 21.0. The molecule has 2 aromatic rings. The van der Waals surface area contributed by atoms with E-state index < -0.39 is 29.8 Å². The first kappa shape index (κ1) is 17.2. The highest BCUT2D eigenvalue weighted by Gasteiger charge is 2.50. The summed E-state index contributed by atoms with van der Waals surface area (Å²) in [4.78, 5) is 38.6. The third-order valence-electron chi connectivity index (χ3n) is 5.00. The minimum atomic E-state index is -1.55. The summed E-state index contributed by atoms with van der Waals surface area (Å²) >= 11 is 0. The van der Waals surface area contributed by atoms with Gasteiger partial charge in [0, 0.05) is 17.5 Å². The van der Waals surface area contributed by atoms with Crippen LogP contribution < -0.4 is 10.1 Å².